The summed E-state index contributed by atoms with van der Waals surface area (Å²) >= 11 is 0. The van der Waals surface area contributed by atoms with Gasteiger partial charge in [0.15, 0.2) is 0 Å². The quantitative estimate of drug-likeness (QED) is 0.531. The Morgan fingerprint density at radius 1 is 0.952 bits per heavy atom. The van der Waals surface area contributed by atoms with E-state index in [0.717, 1.165) is 12.2 Å². The first-order valence-electron chi connectivity index (χ1n) is 6.00. The second-order valence-electron chi connectivity index (χ2n) is 4.01. The molecule has 5 heteroatoms. The average molecular weight is 284 g/mol. The van der Waals surface area contributed by atoms with Crippen LogP contribution in [0.4, 0.5) is 0 Å². The third-order valence-electron chi connectivity index (χ3n) is 2.69. The van der Waals surface area contributed by atoms with Gasteiger partial charge >= 0.3 is 11.9 Å². The predicted octanol–water partition coefficient (Wildman–Crippen LogP) is 2.73. The first-order chi connectivity index (χ1) is 10.1. The van der Waals surface area contributed by atoms with E-state index in [9.17, 15) is 14.7 Å². The fraction of sp³-hybridized carbons (Fsp3) is 0. The van der Waals surface area contributed by atoms with E-state index in [4.69, 9.17) is 9.47 Å². The number of esters is 2. The molecule has 2 aromatic rings. The van der Waals surface area contributed by atoms with Crippen molar-refractivity contribution in [2.45, 2.75) is 0 Å². The number of ether oxygens (including phenoxy) is 2. The normalized spacial score (nSPS) is 9.90. The summed E-state index contributed by atoms with van der Waals surface area (Å²) in [7, 11) is 0. The molecule has 0 fully saturated rings. The number of carbonyl (C=O) groups is 2. The molecule has 5 nitrogen and oxygen atoms in total. The lowest BCUT2D eigenvalue weighted by Gasteiger charge is -2.11. The van der Waals surface area contributed by atoms with Crippen molar-refractivity contribution in [3.05, 3.63) is 55.6 Å². The van der Waals surface area contributed by atoms with E-state index >= 15 is 0 Å². The number of fused-ring (bicyclic) bond motifs is 1. The van der Waals surface area contributed by atoms with Crippen LogP contribution in [0.5, 0.6) is 17.2 Å². The highest BCUT2D eigenvalue weighted by Crippen LogP contribution is 2.38. The Bertz CT molecular complexity index is 746. The molecule has 0 bridgehead atoms. The van der Waals surface area contributed by atoms with Crippen LogP contribution in [0.25, 0.3) is 10.8 Å². The molecule has 0 unspecified atom stereocenters. The van der Waals surface area contributed by atoms with Crippen molar-refractivity contribution in [1.82, 2.24) is 0 Å². The van der Waals surface area contributed by atoms with Crippen LogP contribution in [-0.2, 0) is 9.59 Å². The Kier molecular flexibility index (Phi) is 4.04. The molecule has 2 aromatic carbocycles. The third-order valence-corrected chi connectivity index (χ3v) is 2.69. The fourth-order valence-electron chi connectivity index (χ4n) is 1.80. The molecule has 0 saturated carbocycles. The Labute approximate surface area is 120 Å². The summed E-state index contributed by atoms with van der Waals surface area (Å²) in [5.41, 5.74) is 0. The highest BCUT2D eigenvalue weighted by molar-refractivity contribution is 6.00. The summed E-state index contributed by atoms with van der Waals surface area (Å²) in [6, 6.07) is 7.55. The first-order valence-corrected chi connectivity index (χ1v) is 6.00. The van der Waals surface area contributed by atoms with Gasteiger partial charge in [-0.25, -0.2) is 9.59 Å². The van der Waals surface area contributed by atoms with Crippen molar-refractivity contribution >= 4 is 22.7 Å². The van der Waals surface area contributed by atoms with E-state index in [0.29, 0.717) is 5.39 Å². The van der Waals surface area contributed by atoms with Gasteiger partial charge in [0, 0.05) is 17.5 Å². The Balaban J connectivity index is 2.61. The minimum absolute atomic E-state index is 0.101. The van der Waals surface area contributed by atoms with E-state index in [1.54, 1.807) is 12.1 Å². The van der Waals surface area contributed by atoms with Gasteiger partial charge in [-0.2, -0.15) is 0 Å². The number of phenolic OH excluding ortho intramolecular Hbond substituents is 1. The molecule has 0 atom stereocenters. The van der Waals surface area contributed by atoms with Crippen LogP contribution in [0.2, 0.25) is 0 Å². The Hall–Kier alpha value is -3.08. The zero-order chi connectivity index (χ0) is 15.4. The molecular formula is C16H12O5. The maximum atomic E-state index is 11.3. The molecular weight excluding hydrogens is 272 g/mol. The molecule has 21 heavy (non-hydrogen) atoms. The molecule has 0 spiro atoms. The summed E-state index contributed by atoms with van der Waals surface area (Å²) < 4.78 is 10.2. The zero-order valence-electron chi connectivity index (χ0n) is 11.0. The van der Waals surface area contributed by atoms with E-state index in [1.807, 2.05) is 0 Å². The lowest BCUT2D eigenvalue weighted by molar-refractivity contribution is -0.129. The predicted molar refractivity (Wildman–Crippen MR) is 77.3 cm³/mol. The zero-order valence-corrected chi connectivity index (χ0v) is 11.0. The van der Waals surface area contributed by atoms with Crippen molar-refractivity contribution < 1.29 is 24.2 Å². The smallest absolute Gasteiger partial charge is 0.335 e. The summed E-state index contributed by atoms with van der Waals surface area (Å²) in [5.74, 6) is -1.02. The summed E-state index contributed by atoms with van der Waals surface area (Å²) in [4.78, 5) is 22.6. The van der Waals surface area contributed by atoms with Gasteiger partial charge in [-0.1, -0.05) is 25.3 Å². The van der Waals surface area contributed by atoms with E-state index in [-0.39, 0.29) is 22.6 Å². The highest BCUT2D eigenvalue weighted by atomic mass is 16.5. The minimum Gasteiger partial charge on any atom is -0.507 e. The first kappa shape index (κ1) is 14.3. The Morgan fingerprint density at radius 3 is 2.14 bits per heavy atom. The second kappa shape index (κ2) is 5.92. The van der Waals surface area contributed by atoms with Gasteiger partial charge in [0.05, 0.1) is 5.39 Å². The number of phenols is 1. The van der Waals surface area contributed by atoms with Crippen molar-refractivity contribution in [1.29, 1.82) is 0 Å². The van der Waals surface area contributed by atoms with Crippen molar-refractivity contribution in [3.63, 3.8) is 0 Å². The third kappa shape index (κ3) is 2.92. The minimum atomic E-state index is -0.657. The maximum Gasteiger partial charge on any atom is 0.335 e. The van der Waals surface area contributed by atoms with E-state index in [2.05, 4.69) is 13.2 Å². The molecule has 0 aliphatic rings. The van der Waals surface area contributed by atoms with Gasteiger partial charge < -0.3 is 14.6 Å². The van der Waals surface area contributed by atoms with Gasteiger partial charge in [0.25, 0.3) is 0 Å². The van der Waals surface area contributed by atoms with E-state index in [1.165, 1.54) is 18.2 Å². The lowest BCUT2D eigenvalue weighted by atomic mass is 10.1. The van der Waals surface area contributed by atoms with Gasteiger partial charge in [-0.05, 0) is 18.2 Å². The summed E-state index contributed by atoms with van der Waals surface area (Å²) in [6.45, 7) is 6.63. The molecule has 0 heterocycles. The Morgan fingerprint density at radius 2 is 1.52 bits per heavy atom. The van der Waals surface area contributed by atoms with Crippen LogP contribution in [0, 0.1) is 0 Å². The average Bonchev–Trinajstić information content (AvgIpc) is 2.49. The molecule has 0 saturated heterocycles. The molecule has 0 aliphatic carbocycles. The van der Waals surface area contributed by atoms with Crippen LogP contribution in [0.15, 0.2) is 55.6 Å². The molecule has 0 aliphatic heterocycles. The van der Waals surface area contributed by atoms with Crippen molar-refractivity contribution in [2.24, 2.45) is 0 Å². The number of hydrogen-bond donors (Lipinski definition) is 1. The number of rotatable bonds is 4. The fourth-order valence-corrected chi connectivity index (χ4v) is 1.80. The molecule has 2 rings (SSSR count). The van der Waals surface area contributed by atoms with Crippen molar-refractivity contribution in [3.8, 4) is 17.2 Å². The second-order valence-corrected chi connectivity index (χ2v) is 4.01. The van der Waals surface area contributed by atoms with Crippen LogP contribution in [-0.4, -0.2) is 17.0 Å². The van der Waals surface area contributed by atoms with Crippen LogP contribution >= 0.6 is 0 Å². The van der Waals surface area contributed by atoms with Crippen LogP contribution in [0.1, 0.15) is 0 Å². The van der Waals surface area contributed by atoms with Gasteiger partial charge in [0.1, 0.15) is 17.2 Å². The SMILES string of the molecule is C=CC(=O)Oc1ccc(OC(=O)C=C)c2c(O)cccc12. The number of carbonyl (C=O) groups excluding carboxylic acids is 2. The molecule has 1 N–H and O–H groups in total. The molecule has 106 valence electrons. The maximum absolute atomic E-state index is 11.3. The van der Waals surface area contributed by atoms with Gasteiger partial charge in [-0.3, -0.25) is 0 Å². The van der Waals surface area contributed by atoms with Crippen LogP contribution < -0.4 is 9.47 Å². The summed E-state index contributed by atoms with van der Waals surface area (Å²) in [6.07, 6.45) is 2.04. The molecule has 0 aromatic heterocycles. The summed E-state index contributed by atoms with van der Waals surface area (Å²) in [5, 5.41) is 10.7. The molecule has 0 amide bonds. The molecule has 0 radical (unpaired) electrons. The largest absolute Gasteiger partial charge is 0.507 e. The number of benzene rings is 2. The lowest BCUT2D eigenvalue weighted by Crippen LogP contribution is -2.06. The monoisotopic (exact) mass is 284 g/mol. The highest BCUT2D eigenvalue weighted by Gasteiger charge is 2.14. The standard InChI is InChI=1S/C16H12O5/c1-3-14(18)20-12-8-9-13(21-15(19)4-2)16-10(12)6-5-7-11(16)17/h3-9,17H,1-2H2. The van der Waals surface area contributed by atoms with Gasteiger partial charge in [0.2, 0.25) is 0 Å². The van der Waals surface area contributed by atoms with E-state index < -0.39 is 11.9 Å². The van der Waals surface area contributed by atoms with Crippen LogP contribution in [0.3, 0.4) is 0 Å². The number of hydrogen-bond acceptors (Lipinski definition) is 5. The van der Waals surface area contributed by atoms with Gasteiger partial charge in [-0.15, -0.1) is 0 Å². The van der Waals surface area contributed by atoms with Crippen molar-refractivity contribution in [2.75, 3.05) is 0 Å². The number of aromatic hydroxyl groups is 1. The topological polar surface area (TPSA) is 72.8 Å².